The first-order valence-corrected chi connectivity index (χ1v) is 7.35. The Balaban J connectivity index is 2.36. The zero-order valence-corrected chi connectivity index (χ0v) is 12.8. The van der Waals surface area contributed by atoms with E-state index in [9.17, 15) is 0 Å². The van der Waals surface area contributed by atoms with Crippen LogP contribution in [0.2, 0.25) is 0 Å². The largest absolute Gasteiger partial charge is 0.356 e. The smallest absolute Gasteiger partial charge is 0.226 e. The van der Waals surface area contributed by atoms with Crippen LogP contribution >= 0.6 is 0 Å². The molecule has 0 radical (unpaired) electrons. The van der Waals surface area contributed by atoms with Crippen molar-refractivity contribution in [3.8, 4) is 0 Å². The van der Waals surface area contributed by atoms with Crippen LogP contribution in [0.15, 0.2) is 6.20 Å². The number of nitrogens with zero attached hydrogens (tertiary/aromatic N) is 4. The van der Waals surface area contributed by atoms with Gasteiger partial charge in [0.1, 0.15) is 5.82 Å². The molecule has 0 aromatic carbocycles. The van der Waals surface area contributed by atoms with E-state index in [1.165, 1.54) is 0 Å². The first-order chi connectivity index (χ1) is 9.67. The summed E-state index contributed by atoms with van der Waals surface area (Å²) in [5, 5.41) is 11.2. The summed E-state index contributed by atoms with van der Waals surface area (Å²) in [6.45, 7) is 7.41. The molecule has 6 heteroatoms. The highest BCUT2D eigenvalue weighted by Gasteiger charge is 2.16. The Bertz CT molecular complexity index is 550. The Morgan fingerprint density at radius 3 is 2.80 bits per heavy atom. The molecular weight excluding hydrogens is 252 g/mol. The number of aromatic nitrogens is 4. The van der Waals surface area contributed by atoms with Crippen molar-refractivity contribution in [2.75, 3.05) is 23.8 Å². The number of nitrogens with one attached hydrogen (secondary N) is 2. The fraction of sp³-hybridized carbons (Fsp3) is 0.643. The average molecular weight is 276 g/mol. The number of H-pyrrole nitrogens is 1. The molecule has 2 heterocycles. The van der Waals surface area contributed by atoms with Gasteiger partial charge in [0.2, 0.25) is 5.95 Å². The quantitative estimate of drug-likeness (QED) is 0.813. The third kappa shape index (κ3) is 3.00. The topological polar surface area (TPSA) is 69.7 Å². The number of aromatic amines is 1. The van der Waals surface area contributed by atoms with Crippen LogP contribution in [0.4, 0.5) is 11.8 Å². The summed E-state index contributed by atoms with van der Waals surface area (Å²) >= 11 is 0. The minimum absolute atomic E-state index is 0.437. The van der Waals surface area contributed by atoms with Gasteiger partial charge in [-0.05, 0) is 19.8 Å². The van der Waals surface area contributed by atoms with Crippen molar-refractivity contribution in [3.05, 3.63) is 6.20 Å². The fourth-order valence-corrected chi connectivity index (χ4v) is 2.22. The van der Waals surface area contributed by atoms with Crippen molar-refractivity contribution < 1.29 is 0 Å². The zero-order valence-electron chi connectivity index (χ0n) is 12.8. The molecule has 1 unspecified atom stereocenters. The molecule has 0 saturated carbocycles. The lowest BCUT2D eigenvalue weighted by atomic mass is 10.1. The molecule has 0 fully saturated rings. The van der Waals surface area contributed by atoms with Crippen LogP contribution in [0.25, 0.3) is 11.0 Å². The third-order valence-corrected chi connectivity index (χ3v) is 3.52. The lowest BCUT2D eigenvalue weighted by Crippen LogP contribution is -2.29. The molecule has 2 aromatic heterocycles. The average Bonchev–Trinajstić information content (AvgIpc) is 2.91. The van der Waals surface area contributed by atoms with Crippen LogP contribution in [-0.4, -0.2) is 39.8 Å². The number of anilines is 2. The summed E-state index contributed by atoms with van der Waals surface area (Å²) in [5.41, 5.74) is 0.782. The molecule has 0 bridgehead atoms. The maximum Gasteiger partial charge on any atom is 0.226 e. The second-order valence-corrected chi connectivity index (χ2v) is 5.18. The Morgan fingerprint density at radius 2 is 2.10 bits per heavy atom. The molecule has 0 aliphatic carbocycles. The Hall–Kier alpha value is -1.85. The molecule has 0 saturated heterocycles. The summed E-state index contributed by atoms with van der Waals surface area (Å²) in [6, 6.07) is 0.437. The lowest BCUT2D eigenvalue weighted by Gasteiger charge is -2.26. The molecule has 2 aromatic rings. The van der Waals surface area contributed by atoms with Gasteiger partial charge >= 0.3 is 0 Å². The van der Waals surface area contributed by atoms with Gasteiger partial charge in [-0.1, -0.05) is 20.3 Å². The summed E-state index contributed by atoms with van der Waals surface area (Å²) in [6.07, 6.45) is 5.13. The number of rotatable bonds is 7. The van der Waals surface area contributed by atoms with Crippen LogP contribution in [0, 0.1) is 0 Å². The first kappa shape index (κ1) is 14.6. The van der Waals surface area contributed by atoms with Crippen molar-refractivity contribution in [3.63, 3.8) is 0 Å². The molecule has 110 valence electrons. The molecule has 2 rings (SSSR count). The zero-order chi connectivity index (χ0) is 14.5. The molecule has 2 N–H and O–H groups in total. The molecule has 20 heavy (non-hydrogen) atoms. The van der Waals surface area contributed by atoms with Gasteiger partial charge in [-0.2, -0.15) is 15.1 Å². The van der Waals surface area contributed by atoms with Gasteiger partial charge in [0, 0.05) is 19.6 Å². The summed E-state index contributed by atoms with van der Waals surface area (Å²) in [4.78, 5) is 11.3. The monoisotopic (exact) mass is 276 g/mol. The first-order valence-electron chi connectivity index (χ1n) is 7.35. The second-order valence-electron chi connectivity index (χ2n) is 5.18. The molecule has 0 spiro atoms. The number of fused-ring (bicyclic) bond motifs is 1. The lowest BCUT2D eigenvalue weighted by molar-refractivity contribution is 0.612. The highest BCUT2D eigenvalue weighted by Crippen LogP contribution is 2.25. The van der Waals surface area contributed by atoms with Gasteiger partial charge < -0.3 is 10.2 Å². The molecule has 0 aliphatic rings. The predicted molar refractivity (Wildman–Crippen MR) is 83.2 cm³/mol. The van der Waals surface area contributed by atoms with E-state index in [0.717, 1.165) is 42.7 Å². The van der Waals surface area contributed by atoms with E-state index in [0.29, 0.717) is 12.0 Å². The number of hydrogen-bond donors (Lipinski definition) is 2. The van der Waals surface area contributed by atoms with Crippen molar-refractivity contribution >= 4 is 22.8 Å². The van der Waals surface area contributed by atoms with Crippen LogP contribution in [0.5, 0.6) is 0 Å². The minimum Gasteiger partial charge on any atom is -0.356 e. The molecule has 6 nitrogen and oxygen atoms in total. The van der Waals surface area contributed by atoms with Gasteiger partial charge in [0.05, 0.1) is 11.6 Å². The number of hydrogen-bond acceptors (Lipinski definition) is 5. The summed E-state index contributed by atoms with van der Waals surface area (Å²) in [7, 11) is 2.08. The second kappa shape index (κ2) is 6.54. The third-order valence-electron chi connectivity index (χ3n) is 3.52. The van der Waals surface area contributed by atoms with Crippen LogP contribution in [0.3, 0.4) is 0 Å². The van der Waals surface area contributed by atoms with Crippen LogP contribution in [-0.2, 0) is 0 Å². The molecule has 1 atom stereocenters. The van der Waals surface area contributed by atoms with Crippen molar-refractivity contribution in [2.24, 2.45) is 0 Å². The van der Waals surface area contributed by atoms with Gasteiger partial charge in [0.25, 0.3) is 0 Å². The van der Waals surface area contributed by atoms with Crippen molar-refractivity contribution in [1.82, 2.24) is 20.2 Å². The normalized spacial score (nSPS) is 12.6. The van der Waals surface area contributed by atoms with Crippen LogP contribution in [0.1, 0.15) is 40.0 Å². The van der Waals surface area contributed by atoms with E-state index < -0.39 is 0 Å². The van der Waals surface area contributed by atoms with E-state index in [2.05, 4.69) is 58.2 Å². The van der Waals surface area contributed by atoms with Gasteiger partial charge in [-0.15, -0.1) is 0 Å². The van der Waals surface area contributed by atoms with Gasteiger partial charge in [-0.3, -0.25) is 5.10 Å². The van der Waals surface area contributed by atoms with Crippen molar-refractivity contribution in [2.45, 2.75) is 46.1 Å². The summed E-state index contributed by atoms with van der Waals surface area (Å²) < 4.78 is 0. The SMILES string of the molecule is CCCNc1nc(N(C)C(C)CCC)c2cn[nH]c2n1. The molecule has 0 aliphatic heterocycles. The fourth-order valence-electron chi connectivity index (χ4n) is 2.22. The van der Waals surface area contributed by atoms with E-state index in [4.69, 9.17) is 0 Å². The van der Waals surface area contributed by atoms with E-state index in [1.54, 1.807) is 6.20 Å². The Kier molecular flexibility index (Phi) is 4.76. The standard InChI is InChI=1S/C14H24N6/c1-5-7-10(3)20(4)13-11-9-16-19-12(11)17-14(18-13)15-8-6-2/h9-10H,5-8H2,1-4H3,(H2,15,16,17,18,19). The molecule has 0 amide bonds. The highest BCUT2D eigenvalue weighted by molar-refractivity contribution is 5.87. The maximum absolute atomic E-state index is 4.66. The van der Waals surface area contributed by atoms with E-state index >= 15 is 0 Å². The van der Waals surface area contributed by atoms with Gasteiger partial charge in [-0.25, -0.2) is 0 Å². The Morgan fingerprint density at radius 1 is 1.30 bits per heavy atom. The van der Waals surface area contributed by atoms with Crippen LogP contribution < -0.4 is 10.2 Å². The van der Waals surface area contributed by atoms with Gasteiger partial charge in [0.15, 0.2) is 5.65 Å². The predicted octanol–water partition coefficient (Wildman–Crippen LogP) is 2.80. The molecular formula is C14H24N6. The van der Waals surface area contributed by atoms with E-state index in [-0.39, 0.29) is 0 Å². The highest BCUT2D eigenvalue weighted by atomic mass is 15.3. The van der Waals surface area contributed by atoms with Crippen molar-refractivity contribution in [1.29, 1.82) is 0 Å². The maximum atomic E-state index is 4.66. The Labute approximate surface area is 120 Å². The summed E-state index contributed by atoms with van der Waals surface area (Å²) in [5.74, 6) is 1.59. The minimum atomic E-state index is 0.437. The van der Waals surface area contributed by atoms with E-state index in [1.807, 2.05) is 0 Å².